The molecule has 1 rings (SSSR count). The Balaban J connectivity index is 2.65. The van der Waals surface area contributed by atoms with Gasteiger partial charge in [0.15, 0.2) is 9.84 Å². The standard InChI is InChI=1S/C12H17BrFNO2S/c1-12(2,18(3,16)17)8-15-7-9-6-10(14)4-5-11(9)13/h4-6,15H,7-8H2,1-3H3. The van der Waals surface area contributed by atoms with Crippen LogP contribution in [0.25, 0.3) is 0 Å². The summed E-state index contributed by atoms with van der Waals surface area (Å²) in [5.41, 5.74) is 0.763. The molecule has 6 heteroatoms. The second kappa shape index (κ2) is 5.67. The first-order valence-corrected chi connectivity index (χ1v) is 8.16. The molecule has 1 N–H and O–H groups in total. The SMILES string of the molecule is CC(C)(CNCc1cc(F)ccc1Br)S(C)(=O)=O. The van der Waals surface area contributed by atoms with Gasteiger partial charge in [0.2, 0.25) is 0 Å². The number of nitrogens with one attached hydrogen (secondary N) is 1. The predicted octanol–water partition coefficient (Wildman–Crippen LogP) is 2.50. The van der Waals surface area contributed by atoms with Gasteiger partial charge in [-0.05, 0) is 37.6 Å². The molecule has 0 heterocycles. The van der Waals surface area contributed by atoms with E-state index in [-0.39, 0.29) is 5.82 Å². The average molecular weight is 338 g/mol. The molecular formula is C12H17BrFNO2S. The van der Waals surface area contributed by atoms with Crippen LogP contribution in [0.4, 0.5) is 4.39 Å². The Morgan fingerprint density at radius 1 is 1.39 bits per heavy atom. The van der Waals surface area contributed by atoms with Crippen molar-refractivity contribution in [2.24, 2.45) is 0 Å². The lowest BCUT2D eigenvalue weighted by Crippen LogP contribution is -2.41. The molecule has 102 valence electrons. The largest absolute Gasteiger partial charge is 0.311 e. The number of rotatable bonds is 5. The van der Waals surface area contributed by atoms with Crippen LogP contribution in [0.5, 0.6) is 0 Å². The summed E-state index contributed by atoms with van der Waals surface area (Å²) >= 11 is 3.33. The minimum Gasteiger partial charge on any atom is -0.311 e. The van der Waals surface area contributed by atoms with Crippen LogP contribution in [-0.4, -0.2) is 26.0 Å². The second-order valence-electron chi connectivity index (χ2n) is 4.87. The fourth-order valence-electron chi connectivity index (χ4n) is 1.31. The highest BCUT2D eigenvalue weighted by Crippen LogP contribution is 2.18. The summed E-state index contributed by atoms with van der Waals surface area (Å²) < 4.78 is 36.0. The molecule has 0 atom stereocenters. The van der Waals surface area contributed by atoms with Gasteiger partial charge in [-0.3, -0.25) is 0 Å². The Hall–Kier alpha value is -0.460. The van der Waals surface area contributed by atoms with Crippen molar-refractivity contribution < 1.29 is 12.8 Å². The molecule has 0 aliphatic carbocycles. The van der Waals surface area contributed by atoms with Gasteiger partial charge in [0.1, 0.15) is 5.82 Å². The van der Waals surface area contributed by atoms with Crippen LogP contribution in [0.3, 0.4) is 0 Å². The molecule has 0 aromatic heterocycles. The van der Waals surface area contributed by atoms with E-state index in [2.05, 4.69) is 21.2 Å². The lowest BCUT2D eigenvalue weighted by Gasteiger charge is -2.23. The Morgan fingerprint density at radius 3 is 2.56 bits per heavy atom. The van der Waals surface area contributed by atoms with Gasteiger partial charge in [0, 0.05) is 23.8 Å². The highest BCUT2D eigenvalue weighted by molar-refractivity contribution is 9.10. The molecule has 1 aromatic carbocycles. The summed E-state index contributed by atoms with van der Waals surface area (Å²) in [5.74, 6) is -0.308. The molecule has 0 saturated heterocycles. The normalized spacial score (nSPS) is 12.7. The van der Waals surface area contributed by atoms with Crippen LogP contribution in [0.2, 0.25) is 0 Å². The van der Waals surface area contributed by atoms with Crippen LogP contribution >= 0.6 is 15.9 Å². The quantitative estimate of drug-likeness (QED) is 0.897. The minimum atomic E-state index is -3.12. The highest BCUT2D eigenvalue weighted by atomic mass is 79.9. The number of halogens is 2. The Labute approximate surface area is 116 Å². The summed E-state index contributed by atoms with van der Waals surface area (Å²) in [6, 6.07) is 4.42. The molecule has 0 fully saturated rings. The molecule has 0 bridgehead atoms. The van der Waals surface area contributed by atoms with Gasteiger partial charge in [-0.15, -0.1) is 0 Å². The van der Waals surface area contributed by atoms with Crippen molar-refractivity contribution in [2.45, 2.75) is 25.1 Å². The maximum absolute atomic E-state index is 13.1. The molecule has 0 unspecified atom stereocenters. The number of benzene rings is 1. The smallest absolute Gasteiger partial charge is 0.153 e. The fraction of sp³-hybridized carbons (Fsp3) is 0.500. The van der Waals surface area contributed by atoms with Gasteiger partial charge < -0.3 is 5.32 Å². The molecule has 0 aliphatic rings. The highest BCUT2D eigenvalue weighted by Gasteiger charge is 2.29. The Bertz CT molecular complexity index is 529. The van der Waals surface area contributed by atoms with E-state index < -0.39 is 14.6 Å². The maximum atomic E-state index is 13.1. The van der Waals surface area contributed by atoms with E-state index in [1.807, 2.05) is 0 Å². The van der Waals surface area contributed by atoms with Gasteiger partial charge in [-0.25, -0.2) is 12.8 Å². The number of hydrogen-bond donors (Lipinski definition) is 1. The fourth-order valence-corrected chi connectivity index (χ4v) is 2.06. The molecule has 0 amide bonds. The molecule has 0 saturated carbocycles. The van der Waals surface area contributed by atoms with Crippen LogP contribution in [0.1, 0.15) is 19.4 Å². The molecule has 0 spiro atoms. The molecule has 0 radical (unpaired) electrons. The van der Waals surface area contributed by atoms with Crippen molar-refractivity contribution >= 4 is 25.8 Å². The third-order valence-electron chi connectivity index (χ3n) is 2.88. The van der Waals surface area contributed by atoms with E-state index in [1.165, 1.54) is 18.4 Å². The average Bonchev–Trinajstić information content (AvgIpc) is 2.21. The lowest BCUT2D eigenvalue weighted by atomic mass is 10.2. The Kier molecular flexibility index (Phi) is 4.91. The van der Waals surface area contributed by atoms with Crippen molar-refractivity contribution in [3.05, 3.63) is 34.1 Å². The predicted molar refractivity (Wildman–Crippen MR) is 74.7 cm³/mol. The van der Waals surface area contributed by atoms with Crippen LogP contribution in [0.15, 0.2) is 22.7 Å². The summed E-state index contributed by atoms with van der Waals surface area (Å²) in [5, 5.41) is 3.04. The van der Waals surface area contributed by atoms with E-state index in [1.54, 1.807) is 19.9 Å². The van der Waals surface area contributed by atoms with Crippen LogP contribution in [-0.2, 0) is 16.4 Å². The van der Waals surface area contributed by atoms with Crippen molar-refractivity contribution in [3.63, 3.8) is 0 Å². The summed E-state index contributed by atoms with van der Waals surface area (Å²) in [6.07, 6.45) is 1.22. The van der Waals surface area contributed by atoms with E-state index in [0.29, 0.717) is 13.1 Å². The first-order chi connectivity index (χ1) is 8.13. The molecule has 1 aromatic rings. The van der Waals surface area contributed by atoms with E-state index >= 15 is 0 Å². The molecule has 18 heavy (non-hydrogen) atoms. The second-order valence-corrected chi connectivity index (χ2v) is 8.37. The number of sulfone groups is 1. The zero-order valence-electron chi connectivity index (χ0n) is 10.6. The lowest BCUT2D eigenvalue weighted by molar-refractivity contribution is 0.520. The molecular weight excluding hydrogens is 321 g/mol. The van der Waals surface area contributed by atoms with Crippen molar-refractivity contribution in [1.29, 1.82) is 0 Å². The van der Waals surface area contributed by atoms with Crippen molar-refractivity contribution in [3.8, 4) is 0 Å². The zero-order chi connectivity index (χ0) is 14.0. The summed E-state index contributed by atoms with van der Waals surface area (Å²) in [4.78, 5) is 0. The zero-order valence-corrected chi connectivity index (χ0v) is 13.0. The van der Waals surface area contributed by atoms with Gasteiger partial charge in [-0.1, -0.05) is 15.9 Å². The minimum absolute atomic E-state index is 0.308. The maximum Gasteiger partial charge on any atom is 0.153 e. The van der Waals surface area contributed by atoms with Crippen LogP contribution < -0.4 is 5.32 Å². The molecule has 3 nitrogen and oxygen atoms in total. The number of hydrogen-bond acceptors (Lipinski definition) is 3. The van der Waals surface area contributed by atoms with Crippen molar-refractivity contribution in [1.82, 2.24) is 5.32 Å². The first kappa shape index (κ1) is 15.6. The first-order valence-electron chi connectivity index (χ1n) is 5.48. The van der Waals surface area contributed by atoms with E-state index in [0.717, 1.165) is 10.0 Å². The third-order valence-corrected chi connectivity index (χ3v) is 5.80. The van der Waals surface area contributed by atoms with Gasteiger partial charge in [-0.2, -0.15) is 0 Å². The van der Waals surface area contributed by atoms with E-state index in [9.17, 15) is 12.8 Å². The van der Waals surface area contributed by atoms with Gasteiger partial charge in [0.05, 0.1) is 4.75 Å². The Morgan fingerprint density at radius 2 is 2.00 bits per heavy atom. The topological polar surface area (TPSA) is 46.2 Å². The van der Waals surface area contributed by atoms with Gasteiger partial charge in [0.25, 0.3) is 0 Å². The summed E-state index contributed by atoms with van der Waals surface area (Å²) in [7, 11) is -3.12. The van der Waals surface area contributed by atoms with Crippen molar-refractivity contribution in [2.75, 3.05) is 12.8 Å². The van der Waals surface area contributed by atoms with Crippen LogP contribution in [0, 0.1) is 5.82 Å². The molecule has 0 aliphatic heterocycles. The van der Waals surface area contributed by atoms with Gasteiger partial charge >= 0.3 is 0 Å². The summed E-state index contributed by atoms with van der Waals surface area (Å²) in [6.45, 7) is 4.05. The monoisotopic (exact) mass is 337 g/mol. The third kappa shape index (κ3) is 4.03. The van der Waals surface area contributed by atoms with E-state index in [4.69, 9.17) is 0 Å².